The molecule has 254 valence electrons. The summed E-state index contributed by atoms with van der Waals surface area (Å²) in [6.45, 7) is 4.74. The number of thioether (sulfide) groups is 1. The molecule has 4 atom stereocenters. The highest BCUT2D eigenvalue weighted by molar-refractivity contribution is 7.99. The molecule has 0 spiro atoms. The number of carbonyl (C=O) groups excluding carboxylic acids is 2. The van der Waals surface area contributed by atoms with Crippen LogP contribution in [0, 0.1) is 5.92 Å². The molecule has 48 heavy (non-hydrogen) atoms. The van der Waals surface area contributed by atoms with Crippen LogP contribution in [-0.2, 0) is 39.3 Å². The monoisotopic (exact) mass is 671 g/mol. The van der Waals surface area contributed by atoms with Crippen molar-refractivity contribution in [2.45, 2.75) is 76.3 Å². The van der Waals surface area contributed by atoms with Crippen LogP contribution in [0.25, 0.3) is 11.1 Å². The van der Waals surface area contributed by atoms with Gasteiger partial charge >= 0.3 is 0 Å². The number of rotatable bonds is 15. The molecule has 1 saturated heterocycles. The first-order valence-corrected chi connectivity index (χ1v) is 17.5. The lowest BCUT2D eigenvalue weighted by molar-refractivity contribution is -0.268. The Labute approximate surface area is 286 Å². The summed E-state index contributed by atoms with van der Waals surface area (Å²) in [4.78, 5) is 23.5. The maximum atomic E-state index is 12.5. The van der Waals surface area contributed by atoms with Crippen molar-refractivity contribution < 1.29 is 24.2 Å². The molecule has 3 N–H and O–H groups in total. The van der Waals surface area contributed by atoms with Crippen molar-refractivity contribution in [2.75, 3.05) is 12.3 Å². The van der Waals surface area contributed by atoms with Gasteiger partial charge in [-0.1, -0.05) is 97.9 Å². The number of nitrogens with one attached hydrogen (secondary N) is 2. The van der Waals surface area contributed by atoms with Gasteiger partial charge in [-0.05, 0) is 40.7 Å². The van der Waals surface area contributed by atoms with Crippen molar-refractivity contribution in [2.24, 2.45) is 13.0 Å². The summed E-state index contributed by atoms with van der Waals surface area (Å²) in [6, 6.07) is 24.3. The standard InChI is InChI=1S/C37H45N5O5S/c1-25-33(23-48-37-41-40-24-42(37)3)46-36(47-35(25)29-14-12-27(22-43)13-15-29)30-18-16-28(17-19-30)32-10-7-6-9-31(32)21-39-34(45)11-5-4-8-20-38-26(2)44/h6-7,9-10,12-19,24-25,33,35-36,43H,4-5,8,11,20-23H2,1-3H3,(H,38,44)(H,39,45)/t25-,33+,35+,36+/m0/s1. The first kappa shape index (κ1) is 35.3. The normalized spacial score (nSPS) is 19.2. The lowest BCUT2D eigenvalue weighted by Gasteiger charge is -2.41. The van der Waals surface area contributed by atoms with E-state index in [1.54, 1.807) is 18.1 Å². The van der Waals surface area contributed by atoms with Crippen molar-refractivity contribution >= 4 is 23.6 Å². The molecule has 0 radical (unpaired) electrons. The fraction of sp³-hybridized carbons (Fsp3) is 0.405. The number of hydrogen-bond donors (Lipinski definition) is 3. The first-order valence-electron chi connectivity index (χ1n) is 16.5. The van der Waals surface area contributed by atoms with Crippen molar-refractivity contribution in [3.63, 3.8) is 0 Å². The zero-order chi connectivity index (χ0) is 33.9. The third kappa shape index (κ3) is 9.53. The van der Waals surface area contributed by atoms with Crippen LogP contribution in [0.1, 0.15) is 74.2 Å². The molecule has 2 heterocycles. The molecular formula is C37H45N5O5S. The molecule has 1 fully saturated rings. The number of hydrogen-bond acceptors (Lipinski definition) is 8. The van der Waals surface area contributed by atoms with E-state index in [2.05, 4.69) is 46.0 Å². The minimum absolute atomic E-state index is 0.00592. The Morgan fingerprint density at radius 2 is 1.69 bits per heavy atom. The average Bonchev–Trinajstić information content (AvgIpc) is 3.52. The first-order chi connectivity index (χ1) is 23.3. The molecule has 0 unspecified atom stereocenters. The van der Waals surface area contributed by atoms with E-state index >= 15 is 0 Å². The van der Waals surface area contributed by atoms with Crippen LogP contribution in [-0.4, -0.2) is 50.1 Å². The Hall–Kier alpha value is -4.03. The highest BCUT2D eigenvalue weighted by atomic mass is 32.2. The van der Waals surface area contributed by atoms with Crippen LogP contribution in [0.4, 0.5) is 0 Å². The van der Waals surface area contributed by atoms with Gasteiger partial charge in [-0.3, -0.25) is 9.59 Å². The summed E-state index contributed by atoms with van der Waals surface area (Å²) in [6.07, 6.45) is 3.80. The summed E-state index contributed by atoms with van der Waals surface area (Å²) in [7, 11) is 1.93. The molecule has 3 aromatic carbocycles. The van der Waals surface area contributed by atoms with E-state index in [9.17, 15) is 14.7 Å². The van der Waals surface area contributed by atoms with E-state index in [1.165, 1.54) is 6.92 Å². The number of aliphatic hydroxyl groups is 1. The number of unbranched alkanes of at least 4 members (excludes halogenated alkanes) is 2. The Kier molecular flexibility index (Phi) is 12.8. The number of carbonyl (C=O) groups is 2. The number of aromatic nitrogens is 3. The van der Waals surface area contributed by atoms with Crippen molar-refractivity contribution in [1.82, 2.24) is 25.4 Å². The van der Waals surface area contributed by atoms with E-state index < -0.39 is 6.29 Å². The van der Waals surface area contributed by atoms with Crippen molar-refractivity contribution in [1.29, 1.82) is 0 Å². The van der Waals surface area contributed by atoms with E-state index in [0.29, 0.717) is 25.3 Å². The molecule has 0 bridgehead atoms. The molecule has 0 saturated carbocycles. The summed E-state index contributed by atoms with van der Waals surface area (Å²) < 4.78 is 15.2. The summed E-state index contributed by atoms with van der Waals surface area (Å²) >= 11 is 1.61. The lowest BCUT2D eigenvalue weighted by Crippen LogP contribution is -2.38. The van der Waals surface area contributed by atoms with Gasteiger partial charge in [-0.2, -0.15) is 0 Å². The molecule has 4 aromatic rings. The Morgan fingerprint density at radius 1 is 0.938 bits per heavy atom. The molecule has 1 aliphatic rings. The predicted octanol–water partition coefficient (Wildman–Crippen LogP) is 5.87. The van der Waals surface area contributed by atoms with Gasteiger partial charge in [0, 0.05) is 50.7 Å². The largest absolute Gasteiger partial charge is 0.392 e. The molecule has 1 aromatic heterocycles. The molecule has 10 nitrogen and oxygen atoms in total. The fourth-order valence-electron chi connectivity index (χ4n) is 5.78. The Bertz CT molecular complexity index is 1630. The topological polar surface area (TPSA) is 128 Å². The number of nitrogens with zero attached hydrogens (tertiary/aromatic N) is 3. The van der Waals surface area contributed by atoms with Crippen LogP contribution < -0.4 is 10.6 Å². The zero-order valence-electron chi connectivity index (χ0n) is 27.8. The number of ether oxygens (including phenoxy) is 2. The second-order valence-corrected chi connectivity index (χ2v) is 13.2. The quantitative estimate of drug-likeness (QED) is 0.106. The SMILES string of the molecule is CC(=O)NCCCCCC(=O)NCc1ccccc1-c1ccc([C@@H]2O[C@H](CSc3nncn3C)[C@H](C)[C@H](c3ccc(CO)cc3)O2)cc1. The molecule has 5 rings (SSSR count). The molecule has 0 aliphatic carbocycles. The number of aryl methyl sites for hydroxylation is 1. The predicted molar refractivity (Wildman–Crippen MR) is 186 cm³/mol. The summed E-state index contributed by atoms with van der Waals surface area (Å²) in [5.74, 6) is 0.743. The maximum Gasteiger partial charge on any atom is 0.220 e. The van der Waals surface area contributed by atoms with Gasteiger partial charge in [0.25, 0.3) is 0 Å². The van der Waals surface area contributed by atoms with Crippen LogP contribution in [0.15, 0.2) is 84.3 Å². The van der Waals surface area contributed by atoms with Crippen LogP contribution >= 0.6 is 11.8 Å². The van der Waals surface area contributed by atoms with Gasteiger partial charge in [0.05, 0.1) is 18.8 Å². The second-order valence-electron chi connectivity index (χ2n) is 12.2. The minimum atomic E-state index is -0.573. The fourth-order valence-corrected chi connectivity index (χ4v) is 6.83. The van der Waals surface area contributed by atoms with Gasteiger partial charge in [-0.25, -0.2) is 0 Å². The van der Waals surface area contributed by atoms with Crippen molar-refractivity contribution in [3.8, 4) is 11.1 Å². The highest BCUT2D eigenvalue weighted by Gasteiger charge is 2.38. The molecule has 1 aliphatic heterocycles. The van der Waals surface area contributed by atoms with E-state index in [1.807, 2.05) is 66.2 Å². The van der Waals surface area contributed by atoms with Gasteiger partial charge in [0.1, 0.15) is 6.33 Å². The molecular weight excluding hydrogens is 627 g/mol. The van der Waals surface area contributed by atoms with Gasteiger partial charge in [0.15, 0.2) is 11.4 Å². The maximum absolute atomic E-state index is 12.5. The van der Waals surface area contributed by atoms with Crippen LogP contribution in [0.3, 0.4) is 0 Å². The Morgan fingerprint density at radius 3 is 2.40 bits per heavy atom. The number of aliphatic hydroxyl groups excluding tert-OH is 1. The zero-order valence-corrected chi connectivity index (χ0v) is 28.6. The second kappa shape index (κ2) is 17.4. The van der Waals surface area contributed by atoms with Gasteiger partial charge in [-0.15, -0.1) is 10.2 Å². The Balaban J connectivity index is 1.25. The van der Waals surface area contributed by atoms with Gasteiger partial charge < -0.3 is 29.8 Å². The highest BCUT2D eigenvalue weighted by Crippen LogP contribution is 2.43. The molecule has 2 amide bonds. The number of benzene rings is 3. The third-order valence-corrected chi connectivity index (χ3v) is 9.73. The lowest BCUT2D eigenvalue weighted by atomic mass is 9.91. The van der Waals surface area contributed by atoms with Crippen molar-refractivity contribution in [3.05, 3.63) is 101 Å². The minimum Gasteiger partial charge on any atom is -0.392 e. The van der Waals surface area contributed by atoms with Crippen LogP contribution in [0.2, 0.25) is 0 Å². The van der Waals surface area contributed by atoms with Gasteiger partial charge in [0.2, 0.25) is 11.8 Å². The average molecular weight is 672 g/mol. The third-order valence-electron chi connectivity index (χ3n) is 8.61. The number of amides is 2. The van der Waals surface area contributed by atoms with E-state index in [-0.39, 0.29) is 36.5 Å². The van der Waals surface area contributed by atoms with E-state index in [4.69, 9.17) is 9.47 Å². The summed E-state index contributed by atoms with van der Waals surface area (Å²) in [5.41, 5.74) is 5.94. The smallest absolute Gasteiger partial charge is 0.220 e. The molecule has 11 heteroatoms. The summed E-state index contributed by atoms with van der Waals surface area (Å²) in [5, 5.41) is 24.5. The van der Waals surface area contributed by atoms with E-state index in [0.717, 1.165) is 57.8 Å². The van der Waals surface area contributed by atoms with Crippen LogP contribution in [0.5, 0.6) is 0 Å².